The molecule has 1 aliphatic heterocycles. The minimum absolute atomic E-state index is 0.790. The highest BCUT2D eigenvalue weighted by molar-refractivity contribution is 8.00. The third-order valence-corrected chi connectivity index (χ3v) is 4.58. The molecule has 1 aromatic heterocycles. The number of aryl methyl sites for hydroxylation is 2. The van der Waals surface area contributed by atoms with Gasteiger partial charge in [-0.05, 0) is 25.5 Å². The SMILES string of the molecule is COc1c(CNCC2CCCS2)c(C)nn1C. The van der Waals surface area contributed by atoms with Crippen molar-refractivity contribution in [1.29, 1.82) is 0 Å². The Morgan fingerprint density at radius 2 is 2.41 bits per heavy atom. The lowest BCUT2D eigenvalue weighted by molar-refractivity contribution is 0.368. The third-order valence-electron chi connectivity index (χ3n) is 3.18. The van der Waals surface area contributed by atoms with Gasteiger partial charge in [-0.15, -0.1) is 0 Å². The second kappa shape index (κ2) is 5.78. The van der Waals surface area contributed by atoms with Gasteiger partial charge in [0.1, 0.15) is 0 Å². The number of hydrogen-bond acceptors (Lipinski definition) is 4. The summed E-state index contributed by atoms with van der Waals surface area (Å²) in [6.07, 6.45) is 2.72. The first-order valence-corrected chi connectivity index (χ1v) is 7.16. The van der Waals surface area contributed by atoms with E-state index in [-0.39, 0.29) is 0 Å². The van der Waals surface area contributed by atoms with Gasteiger partial charge in [-0.25, -0.2) is 4.68 Å². The highest BCUT2D eigenvalue weighted by atomic mass is 32.2. The number of ether oxygens (including phenoxy) is 1. The number of aromatic nitrogens is 2. The zero-order valence-corrected chi connectivity index (χ0v) is 11.6. The van der Waals surface area contributed by atoms with Gasteiger partial charge >= 0.3 is 0 Å². The number of nitrogens with zero attached hydrogens (tertiary/aromatic N) is 2. The molecule has 5 heteroatoms. The van der Waals surface area contributed by atoms with Gasteiger partial charge in [-0.1, -0.05) is 0 Å². The van der Waals surface area contributed by atoms with Gasteiger partial charge in [0.25, 0.3) is 0 Å². The highest BCUT2D eigenvalue weighted by Crippen LogP contribution is 2.26. The predicted molar refractivity (Wildman–Crippen MR) is 71.7 cm³/mol. The van der Waals surface area contributed by atoms with E-state index in [0.717, 1.165) is 29.9 Å². The fourth-order valence-electron chi connectivity index (χ4n) is 2.30. The first kappa shape index (κ1) is 12.8. The van der Waals surface area contributed by atoms with Crippen LogP contribution < -0.4 is 10.1 Å². The van der Waals surface area contributed by atoms with Crippen molar-refractivity contribution in [2.45, 2.75) is 31.6 Å². The highest BCUT2D eigenvalue weighted by Gasteiger charge is 2.17. The first-order chi connectivity index (χ1) is 8.22. The van der Waals surface area contributed by atoms with Crippen LogP contribution in [0, 0.1) is 6.92 Å². The summed E-state index contributed by atoms with van der Waals surface area (Å²) in [7, 11) is 3.62. The van der Waals surface area contributed by atoms with Crippen molar-refractivity contribution in [3.63, 3.8) is 0 Å². The number of rotatable bonds is 5. The van der Waals surface area contributed by atoms with E-state index in [4.69, 9.17) is 4.74 Å². The molecule has 0 amide bonds. The summed E-state index contributed by atoms with van der Waals surface area (Å²) < 4.78 is 7.18. The molecular formula is C12H21N3OS. The molecule has 0 saturated carbocycles. The van der Waals surface area contributed by atoms with Gasteiger partial charge in [0, 0.05) is 25.4 Å². The molecular weight excluding hydrogens is 234 g/mol. The van der Waals surface area contributed by atoms with Gasteiger partial charge in [-0.3, -0.25) is 0 Å². The largest absolute Gasteiger partial charge is 0.481 e. The average molecular weight is 255 g/mol. The Hall–Kier alpha value is -0.680. The van der Waals surface area contributed by atoms with Gasteiger partial charge in [-0.2, -0.15) is 16.9 Å². The second-order valence-electron chi connectivity index (χ2n) is 4.46. The maximum absolute atomic E-state index is 5.37. The van der Waals surface area contributed by atoms with Crippen molar-refractivity contribution in [1.82, 2.24) is 15.1 Å². The Morgan fingerprint density at radius 3 is 3.06 bits per heavy atom. The van der Waals surface area contributed by atoms with Crippen molar-refractivity contribution in [3.05, 3.63) is 11.3 Å². The molecule has 2 rings (SSSR count). The van der Waals surface area contributed by atoms with Gasteiger partial charge in [0.05, 0.1) is 18.4 Å². The Labute approximate surface area is 107 Å². The fraction of sp³-hybridized carbons (Fsp3) is 0.750. The molecule has 96 valence electrons. The van der Waals surface area contributed by atoms with Crippen LogP contribution in [0.4, 0.5) is 0 Å². The Morgan fingerprint density at radius 1 is 1.59 bits per heavy atom. The monoisotopic (exact) mass is 255 g/mol. The van der Waals surface area contributed by atoms with Crippen molar-refractivity contribution < 1.29 is 4.74 Å². The summed E-state index contributed by atoms with van der Waals surface area (Å²) in [5.41, 5.74) is 2.23. The van der Waals surface area contributed by atoms with E-state index < -0.39 is 0 Å². The van der Waals surface area contributed by atoms with Gasteiger partial charge in [0.15, 0.2) is 0 Å². The zero-order valence-electron chi connectivity index (χ0n) is 10.8. The summed E-state index contributed by atoms with van der Waals surface area (Å²) in [6.45, 7) is 3.96. The molecule has 1 unspecified atom stereocenters. The van der Waals surface area contributed by atoms with Crippen molar-refractivity contribution in [2.24, 2.45) is 7.05 Å². The van der Waals surface area contributed by atoms with Crippen LogP contribution in [0.1, 0.15) is 24.1 Å². The quantitative estimate of drug-likeness (QED) is 0.869. The Bertz CT molecular complexity index is 372. The van der Waals surface area contributed by atoms with E-state index in [1.807, 2.05) is 14.0 Å². The van der Waals surface area contributed by atoms with Crippen LogP contribution in [0.3, 0.4) is 0 Å². The van der Waals surface area contributed by atoms with E-state index in [0.29, 0.717) is 0 Å². The van der Waals surface area contributed by atoms with Crippen LogP contribution in [0.2, 0.25) is 0 Å². The lowest BCUT2D eigenvalue weighted by Crippen LogP contribution is -2.23. The fourth-order valence-corrected chi connectivity index (χ4v) is 3.54. The second-order valence-corrected chi connectivity index (χ2v) is 5.87. The minimum Gasteiger partial charge on any atom is -0.481 e. The Kier molecular flexibility index (Phi) is 4.34. The van der Waals surface area contributed by atoms with Crippen LogP contribution in [-0.4, -0.2) is 34.4 Å². The summed E-state index contributed by atoms with van der Waals surface area (Å²) in [5.74, 6) is 2.19. The Balaban J connectivity index is 1.89. The van der Waals surface area contributed by atoms with Crippen molar-refractivity contribution >= 4 is 11.8 Å². The summed E-state index contributed by atoms with van der Waals surface area (Å²) in [4.78, 5) is 0. The van der Waals surface area contributed by atoms with Crippen LogP contribution in [0.25, 0.3) is 0 Å². The van der Waals surface area contributed by atoms with Gasteiger partial charge < -0.3 is 10.1 Å². The molecule has 0 bridgehead atoms. The number of thioether (sulfide) groups is 1. The normalized spacial score (nSPS) is 19.8. The average Bonchev–Trinajstić information content (AvgIpc) is 2.88. The number of methoxy groups -OCH3 is 1. The molecule has 1 aromatic rings. The summed E-state index contributed by atoms with van der Waals surface area (Å²) >= 11 is 2.08. The molecule has 4 nitrogen and oxygen atoms in total. The molecule has 0 aromatic carbocycles. The smallest absolute Gasteiger partial charge is 0.216 e. The molecule has 1 aliphatic rings. The molecule has 1 atom stereocenters. The summed E-state index contributed by atoms with van der Waals surface area (Å²) in [5, 5.41) is 8.69. The van der Waals surface area contributed by atoms with E-state index in [1.54, 1.807) is 11.8 Å². The van der Waals surface area contributed by atoms with Crippen LogP contribution >= 0.6 is 11.8 Å². The molecule has 0 spiro atoms. The lowest BCUT2D eigenvalue weighted by atomic mass is 10.2. The van der Waals surface area contributed by atoms with Crippen molar-refractivity contribution in [2.75, 3.05) is 19.4 Å². The van der Waals surface area contributed by atoms with Gasteiger partial charge in [0.2, 0.25) is 5.88 Å². The van der Waals surface area contributed by atoms with E-state index in [2.05, 4.69) is 22.2 Å². The maximum atomic E-state index is 5.37. The third kappa shape index (κ3) is 2.96. The number of hydrogen-bond donors (Lipinski definition) is 1. The number of nitrogens with one attached hydrogen (secondary N) is 1. The molecule has 2 heterocycles. The molecule has 0 aliphatic carbocycles. The molecule has 1 fully saturated rings. The molecule has 17 heavy (non-hydrogen) atoms. The van der Waals surface area contributed by atoms with Crippen molar-refractivity contribution in [3.8, 4) is 5.88 Å². The predicted octanol–water partition coefficient (Wildman–Crippen LogP) is 1.72. The molecule has 0 radical (unpaired) electrons. The summed E-state index contributed by atoms with van der Waals surface area (Å²) in [6, 6.07) is 0. The van der Waals surface area contributed by atoms with E-state index in [1.165, 1.54) is 24.2 Å². The molecule has 1 N–H and O–H groups in total. The standard InChI is InChI=1S/C12H21N3OS/c1-9-11(12(16-3)15(2)14-9)8-13-7-10-5-4-6-17-10/h10,13H,4-8H2,1-3H3. The molecule has 1 saturated heterocycles. The maximum Gasteiger partial charge on any atom is 0.216 e. The van der Waals surface area contributed by atoms with E-state index >= 15 is 0 Å². The topological polar surface area (TPSA) is 39.1 Å². The van der Waals surface area contributed by atoms with Crippen LogP contribution in [0.5, 0.6) is 5.88 Å². The zero-order chi connectivity index (χ0) is 12.3. The lowest BCUT2D eigenvalue weighted by Gasteiger charge is -2.10. The van der Waals surface area contributed by atoms with Crippen LogP contribution in [0.15, 0.2) is 0 Å². The van der Waals surface area contributed by atoms with E-state index in [9.17, 15) is 0 Å². The minimum atomic E-state index is 0.790. The van der Waals surface area contributed by atoms with Crippen LogP contribution in [-0.2, 0) is 13.6 Å². The first-order valence-electron chi connectivity index (χ1n) is 6.11.